The second-order valence-electron chi connectivity index (χ2n) is 5.18. The molecule has 1 saturated heterocycles. The SMILES string of the molecule is COc1ccc(Br)c(C(=O)N2CCSC(C)(C)C2)c1. The molecule has 1 heterocycles. The van der Waals surface area contributed by atoms with E-state index in [1.807, 2.05) is 28.8 Å². The van der Waals surface area contributed by atoms with Crippen molar-refractivity contribution >= 4 is 33.6 Å². The van der Waals surface area contributed by atoms with Crippen LogP contribution in [-0.2, 0) is 0 Å². The Morgan fingerprint density at radius 3 is 2.84 bits per heavy atom. The summed E-state index contributed by atoms with van der Waals surface area (Å²) in [6.07, 6.45) is 0. The average Bonchev–Trinajstić information content (AvgIpc) is 2.37. The minimum Gasteiger partial charge on any atom is -0.497 e. The third-order valence-electron chi connectivity index (χ3n) is 3.12. The lowest BCUT2D eigenvalue weighted by molar-refractivity contribution is 0.0747. The second-order valence-corrected chi connectivity index (χ2v) is 7.84. The Labute approximate surface area is 126 Å². The van der Waals surface area contributed by atoms with Gasteiger partial charge in [0.2, 0.25) is 0 Å². The van der Waals surface area contributed by atoms with Gasteiger partial charge in [0.1, 0.15) is 5.75 Å². The number of benzene rings is 1. The summed E-state index contributed by atoms with van der Waals surface area (Å²) in [5, 5.41) is 0. The molecule has 0 bridgehead atoms. The van der Waals surface area contributed by atoms with Gasteiger partial charge in [-0.15, -0.1) is 0 Å². The van der Waals surface area contributed by atoms with Crippen molar-refractivity contribution in [2.75, 3.05) is 26.0 Å². The van der Waals surface area contributed by atoms with E-state index in [-0.39, 0.29) is 10.7 Å². The fourth-order valence-corrected chi connectivity index (χ4v) is 3.68. The number of carbonyl (C=O) groups is 1. The first-order valence-corrected chi connectivity index (χ1v) is 7.97. The van der Waals surface area contributed by atoms with E-state index in [0.29, 0.717) is 11.3 Å². The van der Waals surface area contributed by atoms with Crippen LogP contribution in [0.2, 0.25) is 0 Å². The Bertz CT molecular complexity index is 490. The van der Waals surface area contributed by atoms with Gasteiger partial charge in [-0.1, -0.05) is 0 Å². The van der Waals surface area contributed by atoms with Crippen LogP contribution in [0.4, 0.5) is 0 Å². The third kappa shape index (κ3) is 3.45. The molecule has 1 aromatic rings. The van der Waals surface area contributed by atoms with Crippen LogP contribution in [0.1, 0.15) is 24.2 Å². The molecule has 3 nitrogen and oxygen atoms in total. The Balaban J connectivity index is 2.24. The van der Waals surface area contributed by atoms with Gasteiger partial charge in [-0.2, -0.15) is 11.8 Å². The van der Waals surface area contributed by atoms with Crippen LogP contribution in [0, 0.1) is 0 Å². The Hall–Kier alpha value is -0.680. The predicted octanol–water partition coefficient (Wildman–Crippen LogP) is 3.43. The van der Waals surface area contributed by atoms with Crippen LogP contribution in [0.25, 0.3) is 0 Å². The highest BCUT2D eigenvalue weighted by atomic mass is 79.9. The van der Waals surface area contributed by atoms with Crippen LogP contribution < -0.4 is 4.74 Å². The molecule has 0 spiro atoms. The summed E-state index contributed by atoms with van der Waals surface area (Å²) in [6.45, 7) is 5.94. The van der Waals surface area contributed by atoms with Crippen LogP contribution >= 0.6 is 27.7 Å². The van der Waals surface area contributed by atoms with Crippen molar-refractivity contribution in [3.05, 3.63) is 28.2 Å². The van der Waals surface area contributed by atoms with Gasteiger partial charge in [-0.3, -0.25) is 4.79 Å². The molecule has 0 atom stereocenters. The van der Waals surface area contributed by atoms with E-state index in [4.69, 9.17) is 4.74 Å². The molecular formula is C14H18BrNO2S. The molecule has 2 rings (SSSR count). The smallest absolute Gasteiger partial charge is 0.255 e. The zero-order valence-corrected chi connectivity index (χ0v) is 13.8. The summed E-state index contributed by atoms with van der Waals surface area (Å²) in [4.78, 5) is 14.5. The molecule has 1 amide bonds. The minimum atomic E-state index is 0.0687. The van der Waals surface area contributed by atoms with Gasteiger partial charge in [0, 0.05) is 28.1 Å². The molecule has 0 saturated carbocycles. The van der Waals surface area contributed by atoms with Crippen molar-refractivity contribution < 1.29 is 9.53 Å². The molecule has 104 valence electrons. The number of methoxy groups -OCH3 is 1. The number of thioether (sulfide) groups is 1. The molecular weight excluding hydrogens is 326 g/mol. The van der Waals surface area contributed by atoms with E-state index in [1.165, 1.54) is 0 Å². The zero-order valence-electron chi connectivity index (χ0n) is 11.4. The summed E-state index contributed by atoms with van der Waals surface area (Å²) in [7, 11) is 1.61. The van der Waals surface area contributed by atoms with E-state index in [9.17, 15) is 4.79 Å². The zero-order chi connectivity index (χ0) is 14.0. The number of amides is 1. The van der Waals surface area contributed by atoms with E-state index in [2.05, 4.69) is 29.8 Å². The highest BCUT2D eigenvalue weighted by molar-refractivity contribution is 9.10. The largest absolute Gasteiger partial charge is 0.497 e. The summed E-state index contributed by atoms with van der Waals surface area (Å²) in [6, 6.07) is 5.49. The molecule has 0 aromatic heterocycles. The van der Waals surface area contributed by atoms with Crippen molar-refractivity contribution in [3.8, 4) is 5.75 Å². The number of ether oxygens (including phenoxy) is 1. The maximum absolute atomic E-state index is 12.6. The first-order chi connectivity index (χ1) is 8.93. The van der Waals surface area contributed by atoms with E-state index >= 15 is 0 Å². The van der Waals surface area contributed by atoms with Crippen LogP contribution in [0.3, 0.4) is 0 Å². The van der Waals surface area contributed by atoms with Crippen molar-refractivity contribution in [2.24, 2.45) is 0 Å². The molecule has 0 radical (unpaired) electrons. The summed E-state index contributed by atoms with van der Waals surface area (Å²) in [5.74, 6) is 1.76. The Kier molecular flexibility index (Phi) is 4.46. The molecule has 1 fully saturated rings. The molecule has 5 heteroatoms. The van der Waals surface area contributed by atoms with Gasteiger partial charge in [0.05, 0.1) is 12.7 Å². The maximum Gasteiger partial charge on any atom is 0.255 e. The molecule has 0 N–H and O–H groups in total. The lowest BCUT2D eigenvalue weighted by Gasteiger charge is -2.37. The van der Waals surface area contributed by atoms with Crippen LogP contribution in [-0.4, -0.2) is 41.5 Å². The van der Waals surface area contributed by atoms with Gasteiger partial charge in [0.25, 0.3) is 5.91 Å². The quantitative estimate of drug-likeness (QED) is 0.823. The highest BCUT2D eigenvalue weighted by Crippen LogP contribution is 2.31. The first-order valence-electron chi connectivity index (χ1n) is 6.20. The Morgan fingerprint density at radius 2 is 2.21 bits per heavy atom. The van der Waals surface area contributed by atoms with Gasteiger partial charge >= 0.3 is 0 Å². The van der Waals surface area contributed by atoms with Crippen molar-refractivity contribution in [3.63, 3.8) is 0 Å². The molecule has 1 aliphatic heterocycles. The normalized spacial score (nSPS) is 18.2. The van der Waals surface area contributed by atoms with Gasteiger partial charge < -0.3 is 9.64 Å². The molecule has 0 aliphatic carbocycles. The van der Waals surface area contributed by atoms with E-state index in [1.54, 1.807) is 13.2 Å². The molecule has 1 aromatic carbocycles. The number of carbonyl (C=O) groups excluding carboxylic acids is 1. The topological polar surface area (TPSA) is 29.5 Å². The second kappa shape index (κ2) is 5.75. The fourth-order valence-electron chi connectivity index (χ4n) is 2.16. The van der Waals surface area contributed by atoms with Gasteiger partial charge in [-0.25, -0.2) is 0 Å². The van der Waals surface area contributed by atoms with Crippen molar-refractivity contribution in [1.29, 1.82) is 0 Å². The molecule has 19 heavy (non-hydrogen) atoms. The summed E-state index contributed by atoms with van der Waals surface area (Å²) < 4.78 is 6.13. The third-order valence-corrected chi connectivity index (χ3v) is 5.11. The number of nitrogens with zero attached hydrogens (tertiary/aromatic N) is 1. The Morgan fingerprint density at radius 1 is 1.47 bits per heavy atom. The van der Waals surface area contributed by atoms with Crippen molar-refractivity contribution in [1.82, 2.24) is 4.90 Å². The fraction of sp³-hybridized carbons (Fsp3) is 0.500. The van der Waals surface area contributed by atoms with Crippen LogP contribution in [0.15, 0.2) is 22.7 Å². The van der Waals surface area contributed by atoms with Crippen molar-refractivity contribution in [2.45, 2.75) is 18.6 Å². The molecule has 1 aliphatic rings. The highest BCUT2D eigenvalue weighted by Gasteiger charge is 2.30. The monoisotopic (exact) mass is 343 g/mol. The lowest BCUT2D eigenvalue weighted by atomic mass is 10.1. The summed E-state index contributed by atoms with van der Waals surface area (Å²) >= 11 is 5.37. The average molecular weight is 344 g/mol. The number of hydrogen-bond acceptors (Lipinski definition) is 3. The molecule has 0 unspecified atom stereocenters. The number of hydrogen-bond donors (Lipinski definition) is 0. The lowest BCUT2D eigenvalue weighted by Crippen LogP contribution is -2.46. The van der Waals surface area contributed by atoms with E-state index in [0.717, 1.165) is 23.3 Å². The van der Waals surface area contributed by atoms with E-state index < -0.39 is 0 Å². The minimum absolute atomic E-state index is 0.0687. The number of halogens is 1. The maximum atomic E-state index is 12.6. The first kappa shape index (κ1) is 14.7. The van der Waals surface area contributed by atoms with Crippen LogP contribution in [0.5, 0.6) is 5.75 Å². The standard InChI is InChI=1S/C14H18BrNO2S/c1-14(2)9-16(6-7-19-14)13(17)11-8-10(18-3)4-5-12(11)15/h4-5,8H,6-7,9H2,1-3H3. The number of rotatable bonds is 2. The predicted molar refractivity (Wildman–Crippen MR) is 83.1 cm³/mol. The summed E-state index contributed by atoms with van der Waals surface area (Å²) in [5.41, 5.74) is 0.669. The van der Waals surface area contributed by atoms with Gasteiger partial charge in [0.15, 0.2) is 0 Å². The van der Waals surface area contributed by atoms with Gasteiger partial charge in [-0.05, 0) is 48.0 Å².